The van der Waals surface area contributed by atoms with Crippen molar-refractivity contribution in [3.05, 3.63) is 58.6 Å². The number of anilines is 1. The van der Waals surface area contributed by atoms with Gasteiger partial charge in [-0.2, -0.15) is 0 Å². The average molecular weight is 411 g/mol. The molecule has 0 aliphatic rings. The Morgan fingerprint density at radius 1 is 1.22 bits per heavy atom. The second-order valence-electron chi connectivity index (χ2n) is 6.39. The normalized spacial score (nSPS) is 11.3. The number of carbonyl (C=O) groups excluding carboxylic acids is 1. The van der Waals surface area contributed by atoms with Gasteiger partial charge in [-0.25, -0.2) is 8.42 Å². The number of benzene rings is 2. The number of rotatable bonds is 7. The van der Waals surface area contributed by atoms with Crippen LogP contribution >= 0.6 is 11.6 Å². The van der Waals surface area contributed by atoms with Crippen molar-refractivity contribution in [3.63, 3.8) is 0 Å². The summed E-state index contributed by atoms with van der Waals surface area (Å²) in [6.45, 7) is 4.17. The Bertz CT molecular complexity index is 929. The summed E-state index contributed by atoms with van der Waals surface area (Å²) in [4.78, 5) is 12.5. The molecule has 0 bridgehead atoms. The Hall–Kier alpha value is -2.25. The van der Waals surface area contributed by atoms with Gasteiger partial charge in [-0.3, -0.25) is 9.10 Å². The smallest absolute Gasteiger partial charge is 0.253 e. The van der Waals surface area contributed by atoms with Crippen LogP contribution in [-0.4, -0.2) is 33.7 Å². The van der Waals surface area contributed by atoms with E-state index in [1.54, 1.807) is 6.07 Å². The molecule has 0 aliphatic carbocycles. The summed E-state index contributed by atoms with van der Waals surface area (Å²) in [5.41, 5.74) is 1.45. The van der Waals surface area contributed by atoms with Crippen LogP contribution in [0.1, 0.15) is 29.8 Å². The molecule has 0 fully saturated rings. The van der Waals surface area contributed by atoms with Gasteiger partial charge in [0.1, 0.15) is 5.75 Å². The third-order valence-electron chi connectivity index (χ3n) is 3.78. The molecule has 27 heavy (non-hydrogen) atoms. The van der Waals surface area contributed by atoms with E-state index in [1.807, 2.05) is 38.1 Å². The molecular formula is C19H23ClN2O4S. The quantitative estimate of drug-likeness (QED) is 0.758. The number of nitrogens with one attached hydrogen (secondary N) is 1. The van der Waals surface area contributed by atoms with E-state index in [0.29, 0.717) is 5.69 Å². The fourth-order valence-corrected chi connectivity index (χ4v) is 3.05. The van der Waals surface area contributed by atoms with Crippen LogP contribution in [0.15, 0.2) is 42.5 Å². The monoisotopic (exact) mass is 410 g/mol. The van der Waals surface area contributed by atoms with Crippen LogP contribution in [-0.2, 0) is 16.6 Å². The molecule has 8 heteroatoms. The van der Waals surface area contributed by atoms with E-state index in [-0.39, 0.29) is 29.1 Å². The Morgan fingerprint density at radius 3 is 2.56 bits per heavy atom. The van der Waals surface area contributed by atoms with Gasteiger partial charge in [0, 0.05) is 13.6 Å². The fraction of sp³-hybridized carbons (Fsp3) is 0.316. The predicted molar refractivity (Wildman–Crippen MR) is 108 cm³/mol. The molecule has 0 unspecified atom stereocenters. The Balaban J connectivity index is 2.14. The van der Waals surface area contributed by atoms with Crippen molar-refractivity contribution in [1.82, 2.24) is 5.32 Å². The fourth-order valence-electron chi connectivity index (χ4n) is 2.35. The first-order chi connectivity index (χ1) is 12.6. The van der Waals surface area contributed by atoms with Crippen molar-refractivity contribution >= 4 is 33.2 Å². The molecule has 2 aromatic carbocycles. The van der Waals surface area contributed by atoms with Gasteiger partial charge in [0.15, 0.2) is 0 Å². The van der Waals surface area contributed by atoms with Crippen molar-refractivity contribution in [2.24, 2.45) is 0 Å². The molecule has 6 nitrogen and oxygen atoms in total. The number of hydrogen-bond donors (Lipinski definition) is 1. The van der Waals surface area contributed by atoms with Gasteiger partial charge in [0.2, 0.25) is 10.0 Å². The van der Waals surface area contributed by atoms with Crippen LogP contribution in [0.4, 0.5) is 5.69 Å². The minimum Gasteiger partial charge on any atom is -0.491 e. The topological polar surface area (TPSA) is 75.7 Å². The lowest BCUT2D eigenvalue weighted by molar-refractivity contribution is 0.0951. The molecule has 2 aromatic rings. The number of sulfonamides is 1. The highest BCUT2D eigenvalue weighted by atomic mass is 35.5. The van der Waals surface area contributed by atoms with E-state index in [9.17, 15) is 13.2 Å². The minimum absolute atomic E-state index is 0.0585. The Labute approximate surface area is 165 Å². The molecule has 0 saturated carbocycles. The van der Waals surface area contributed by atoms with Crippen molar-refractivity contribution in [2.45, 2.75) is 26.5 Å². The van der Waals surface area contributed by atoms with Gasteiger partial charge >= 0.3 is 0 Å². The number of halogens is 1. The van der Waals surface area contributed by atoms with E-state index < -0.39 is 10.0 Å². The van der Waals surface area contributed by atoms with Gasteiger partial charge in [0.25, 0.3) is 5.91 Å². The number of carbonyl (C=O) groups is 1. The first-order valence-electron chi connectivity index (χ1n) is 8.35. The molecule has 0 saturated heterocycles. The Morgan fingerprint density at radius 2 is 1.93 bits per heavy atom. The summed E-state index contributed by atoms with van der Waals surface area (Å²) in [5.74, 6) is 0.338. The summed E-state index contributed by atoms with van der Waals surface area (Å²) in [6, 6.07) is 12.0. The largest absolute Gasteiger partial charge is 0.491 e. The lowest BCUT2D eigenvalue weighted by Crippen LogP contribution is -2.26. The molecule has 1 N–H and O–H groups in total. The molecular weight excluding hydrogens is 388 g/mol. The molecule has 0 aliphatic heterocycles. The van der Waals surface area contributed by atoms with Crippen LogP contribution in [0.25, 0.3) is 0 Å². The molecule has 0 atom stereocenters. The zero-order valence-corrected chi connectivity index (χ0v) is 17.3. The molecule has 0 aromatic heterocycles. The highest BCUT2D eigenvalue weighted by Gasteiger charge is 2.17. The third-order valence-corrected chi connectivity index (χ3v) is 5.31. The minimum atomic E-state index is -3.44. The average Bonchev–Trinajstić information content (AvgIpc) is 2.58. The van der Waals surface area contributed by atoms with E-state index >= 15 is 0 Å². The van der Waals surface area contributed by atoms with E-state index in [2.05, 4.69) is 5.32 Å². The summed E-state index contributed by atoms with van der Waals surface area (Å²) in [5, 5.41) is 3.04. The molecule has 0 radical (unpaired) electrons. The number of ether oxygens (including phenoxy) is 1. The maximum atomic E-state index is 12.5. The van der Waals surface area contributed by atoms with Gasteiger partial charge in [0.05, 0.1) is 28.6 Å². The molecule has 2 rings (SSSR count). The van der Waals surface area contributed by atoms with E-state index in [4.69, 9.17) is 16.3 Å². The van der Waals surface area contributed by atoms with E-state index in [1.165, 1.54) is 19.2 Å². The van der Waals surface area contributed by atoms with Crippen LogP contribution in [0, 0.1) is 0 Å². The van der Waals surface area contributed by atoms with Crippen molar-refractivity contribution in [1.29, 1.82) is 0 Å². The number of nitrogens with zero attached hydrogens (tertiary/aromatic N) is 1. The highest BCUT2D eigenvalue weighted by molar-refractivity contribution is 7.92. The molecule has 0 spiro atoms. The maximum absolute atomic E-state index is 12.5. The summed E-state index contributed by atoms with van der Waals surface area (Å²) < 4.78 is 30.1. The van der Waals surface area contributed by atoms with Crippen molar-refractivity contribution in [2.75, 3.05) is 17.6 Å². The zero-order valence-electron chi connectivity index (χ0n) is 15.7. The summed E-state index contributed by atoms with van der Waals surface area (Å²) in [7, 11) is -2.02. The first-order valence-corrected chi connectivity index (χ1v) is 10.6. The number of hydrogen-bond acceptors (Lipinski definition) is 4. The van der Waals surface area contributed by atoms with Crippen LogP contribution in [0.2, 0.25) is 5.02 Å². The van der Waals surface area contributed by atoms with Gasteiger partial charge in [-0.05, 0) is 49.7 Å². The number of amides is 1. The zero-order chi connectivity index (χ0) is 20.2. The molecule has 146 valence electrons. The van der Waals surface area contributed by atoms with Gasteiger partial charge in [-0.15, -0.1) is 0 Å². The van der Waals surface area contributed by atoms with Crippen LogP contribution in [0.3, 0.4) is 0 Å². The highest BCUT2D eigenvalue weighted by Crippen LogP contribution is 2.24. The van der Waals surface area contributed by atoms with Gasteiger partial charge < -0.3 is 10.1 Å². The van der Waals surface area contributed by atoms with Gasteiger partial charge in [-0.1, -0.05) is 23.7 Å². The van der Waals surface area contributed by atoms with Crippen LogP contribution in [0.5, 0.6) is 5.75 Å². The second kappa shape index (κ2) is 8.63. The van der Waals surface area contributed by atoms with Crippen molar-refractivity contribution < 1.29 is 17.9 Å². The standard InChI is InChI=1S/C19H23ClN2O4S/c1-13(2)26-16-7-5-6-14(10-16)12-21-19(23)17-11-15(8-9-18(17)20)22(3)27(4,24)25/h5-11,13H,12H2,1-4H3,(H,21,23). The molecule has 0 heterocycles. The first kappa shape index (κ1) is 21.1. The third kappa shape index (κ3) is 5.87. The summed E-state index contributed by atoms with van der Waals surface area (Å²) in [6.07, 6.45) is 1.15. The van der Waals surface area contributed by atoms with Crippen molar-refractivity contribution in [3.8, 4) is 5.75 Å². The summed E-state index contributed by atoms with van der Waals surface area (Å²) >= 11 is 6.13. The molecule has 1 amide bonds. The SMILES string of the molecule is CC(C)Oc1cccc(CNC(=O)c2cc(N(C)S(C)(=O)=O)ccc2Cl)c1. The lowest BCUT2D eigenvalue weighted by Gasteiger charge is -2.18. The Kier molecular flexibility index (Phi) is 6.73. The lowest BCUT2D eigenvalue weighted by atomic mass is 10.1. The van der Waals surface area contributed by atoms with Crippen LogP contribution < -0.4 is 14.4 Å². The predicted octanol–water partition coefficient (Wildman–Crippen LogP) is 3.45. The maximum Gasteiger partial charge on any atom is 0.253 e. The second-order valence-corrected chi connectivity index (χ2v) is 8.81. The van der Waals surface area contributed by atoms with E-state index in [0.717, 1.165) is 21.9 Å².